The smallest absolute Gasteiger partial charge is 0.262 e. The molecule has 0 bridgehead atoms. The van der Waals surface area contributed by atoms with Gasteiger partial charge in [-0.3, -0.25) is 19.3 Å². The van der Waals surface area contributed by atoms with Gasteiger partial charge in [0.05, 0.1) is 23.7 Å². The van der Waals surface area contributed by atoms with Crippen molar-refractivity contribution in [3.63, 3.8) is 0 Å². The monoisotopic (exact) mass is 334 g/mol. The van der Waals surface area contributed by atoms with Gasteiger partial charge in [0.15, 0.2) is 0 Å². The minimum atomic E-state index is -0.922. The van der Waals surface area contributed by atoms with E-state index in [-0.39, 0.29) is 6.54 Å². The van der Waals surface area contributed by atoms with Crippen molar-refractivity contribution in [1.29, 1.82) is 0 Å². The Balaban J connectivity index is 1.74. The van der Waals surface area contributed by atoms with Crippen molar-refractivity contribution in [2.75, 3.05) is 6.54 Å². The second kappa shape index (κ2) is 5.66. The molecule has 25 heavy (non-hydrogen) atoms. The van der Waals surface area contributed by atoms with E-state index < -0.39 is 29.8 Å². The van der Waals surface area contributed by atoms with Crippen molar-refractivity contribution in [3.05, 3.63) is 71.3 Å². The van der Waals surface area contributed by atoms with E-state index in [1.54, 1.807) is 24.3 Å². The van der Waals surface area contributed by atoms with Crippen molar-refractivity contribution in [2.45, 2.75) is 12.1 Å². The molecule has 4 rings (SSSR count). The van der Waals surface area contributed by atoms with Gasteiger partial charge in [-0.05, 0) is 17.7 Å². The van der Waals surface area contributed by atoms with Crippen LogP contribution < -0.4 is 0 Å². The maximum absolute atomic E-state index is 12.7. The highest BCUT2D eigenvalue weighted by molar-refractivity contribution is 6.23. The first-order chi connectivity index (χ1) is 12.1. The minimum absolute atomic E-state index is 0.0714. The number of benzene rings is 2. The summed E-state index contributed by atoms with van der Waals surface area (Å²) in [6, 6.07) is 14.2. The van der Waals surface area contributed by atoms with Crippen LogP contribution in [0.15, 0.2) is 54.6 Å². The van der Waals surface area contributed by atoms with E-state index in [0.717, 1.165) is 10.5 Å². The van der Waals surface area contributed by atoms with Gasteiger partial charge >= 0.3 is 0 Å². The molecule has 2 atom stereocenters. The minimum Gasteiger partial charge on any atom is -0.324 e. The van der Waals surface area contributed by atoms with Gasteiger partial charge in [0.1, 0.15) is 12.3 Å². The van der Waals surface area contributed by atoms with Gasteiger partial charge in [0.2, 0.25) is 5.91 Å². The van der Waals surface area contributed by atoms with Gasteiger partial charge in [0, 0.05) is 0 Å². The molecule has 0 N–H and O–H groups in total. The molecule has 3 amide bonds. The van der Waals surface area contributed by atoms with E-state index in [1.807, 2.05) is 30.3 Å². The summed E-state index contributed by atoms with van der Waals surface area (Å²) < 4.78 is 0. The molecule has 2 heterocycles. The summed E-state index contributed by atoms with van der Waals surface area (Å²) in [4.78, 5) is 51.3. The lowest BCUT2D eigenvalue weighted by atomic mass is 9.87. The number of nitrogens with zero attached hydrogens (tertiary/aromatic N) is 2. The molecule has 0 radical (unpaired) electrons. The quantitative estimate of drug-likeness (QED) is 0.482. The Morgan fingerprint density at radius 2 is 1.36 bits per heavy atom. The Morgan fingerprint density at radius 1 is 0.800 bits per heavy atom. The Kier molecular flexibility index (Phi) is 3.46. The number of fused-ring (bicyclic) bond motifs is 1. The number of likely N-dealkylation sites (tertiary alicyclic amines) is 1. The van der Waals surface area contributed by atoms with Gasteiger partial charge in [-0.1, -0.05) is 42.5 Å². The Bertz CT molecular complexity index is 858. The first-order valence-electron chi connectivity index (χ1n) is 7.91. The SMILES string of the molecule is O=CCN1C(=O)[C@H](N2C(=O)c3ccccc3C2=O)[C@@H]1c1ccccc1. The van der Waals surface area contributed by atoms with Crippen LogP contribution in [0.2, 0.25) is 0 Å². The molecule has 2 aromatic carbocycles. The highest BCUT2D eigenvalue weighted by Crippen LogP contribution is 2.40. The van der Waals surface area contributed by atoms with Crippen LogP contribution in [0.5, 0.6) is 0 Å². The van der Waals surface area contributed by atoms with E-state index in [9.17, 15) is 19.2 Å². The Morgan fingerprint density at radius 3 is 1.92 bits per heavy atom. The van der Waals surface area contributed by atoms with Crippen LogP contribution in [-0.2, 0) is 9.59 Å². The van der Waals surface area contributed by atoms with Crippen LogP contribution in [-0.4, -0.2) is 46.4 Å². The van der Waals surface area contributed by atoms with Crippen LogP contribution in [0.25, 0.3) is 0 Å². The van der Waals surface area contributed by atoms with Gasteiger partial charge < -0.3 is 9.69 Å². The number of amides is 3. The third kappa shape index (κ3) is 2.11. The normalized spacial score (nSPS) is 22.0. The van der Waals surface area contributed by atoms with Crippen molar-refractivity contribution < 1.29 is 19.2 Å². The first kappa shape index (κ1) is 15.3. The molecule has 2 aliphatic heterocycles. The lowest BCUT2D eigenvalue weighted by Crippen LogP contribution is -2.66. The number of β-lactam (4-membered cyclic amide) rings is 1. The van der Waals surface area contributed by atoms with Crippen molar-refractivity contribution in [2.24, 2.45) is 0 Å². The second-order valence-corrected chi connectivity index (χ2v) is 5.98. The van der Waals surface area contributed by atoms with E-state index in [0.29, 0.717) is 17.4 Å². The number of hydrogen-bond acceptors (Lipinski definition) is 4. The maximum Gasteiger partial charge on any atom is 0.262 e. The predicted octanol–water partition coefficient (Wildman–Crippen LogP) is 1.43. The highest BCUT2D eigenvalue weighted by atomic mass is 16.2. The van der Waals surface area contributed by atoms with Gasteiger partial charge in [-0.25, -0.2) is 0 Å². The van der Waals surface area contributed by atoms with Crippen molar-refractivity contribution in [1.82, 2.24) is 9.80 Å². The van der Waals surface area contributed by atoms with Crippen LogP contribution >= 0.6 is 0 Å². The summed E-state index contributed by atoms with van der Waals surface area (Å²) >= 11 is 0. The fourth-order valence-electron chi connectivity index (χ4n) is 3.54. The van der Waals surface area contributed by atoms with E-state index in [1.165, 1.54) is 4.90 Å². The second-order valence-electron chi connectivity index (χ2n) is 5.98. The Hall–Kier alpha value is -3.28. The molecule has 0 unspecified atom stereocenters. The number of imide groups is 1. The molecule has 1 fully saturated rings. The predicted molar refractivity (Wildman–Crippen MR) is 87.7 cm³/mol. The van der Waals surface area contributed by atoms with Crippen molar-refractivity contribution >= 4 is 24.0 Å². The average molecular weight is 334 g/mol. The third-order valence-corrected chi connectivity index (χ3v) is 4.69. The van der Waals surface area contributed by atoms with Crippen LogP contribution in [0.4, 0.5) is 0 Å². The molecule has 6 heteroatoms. The summed E-state index contributed by atoms with van der Waals surface area (Å²) in [5.41, 5.74) is 1.40. The van der Waals surface area contributed by atoms with Crippen molar-refractivity contribution in [3.8, 4) is 0 Å². The lowest BCUT2D eigenvalue weighted by molar-refractivity contribution is -0.157. The zero-order valence-corrected chi connectivity index (χ0v) is 13.2. The summed E-state index contributed by atoms with van der Waals surface area (Å²) in [6.07, 6.45) is 0.645. The largest absolute Gasteiger partial charge is 0.324 e. The molecule has 2 aromatic rings. The van der Waals surface area contributed by atoms with Crippen LogP contribution in [0.3, 0.4) is 0 Å². The zero-order valence-electron chi connectivity index (χ0n) is 13.2. The van der Waals surface area contributed by atoms with E-state index in [4.69, 9.17) is 0 Å². The van der Waals surface area contributed by atoms with Gasteiger partial charge in [0.25, 0.3) is 11.8 Å². The van der Waals surface area contributed by atoms with E-state index >= 15 is 0 Å². The zero-order chi connectivity index (χ0) is 17.6. The van der Waals surface area contributed by atoms with Crippen LogP contribution in [0, 0.1) is 0 Å². The summed E-state index contributed by atoms with van der Waals surface area (Å²) in [7, 11) is 0. The molecule has 124 valence electrons. The highest BCUT2D eigenvalue weighted by Gasteiger charge is 2.56. The molecular weight excluding hydrogens is 320 g/mol. The molecule has 1 saturated heterocycles. The lowest BCUT2D eigenvalue weighted by Gasteiger charge is -2.49. The van der Waals surface area contributed by atoms with Gasteiger partial charge in [-0.15, -0.1) is 0 Å². The fourth-order valence-corrected chi connectivity index (χ4v) is 3.54. The van der Waals surface area contributed by atoms with E-state index in [2.05, 4.69) is 0 Å². The fraction of sp³-hybridized carbons (Fsp3) is 0.158. The van der Waals surface area contributed by atoms with Gasteiger partial charge in [-0.2, -0.15) is 0 Å². The standard InChI is InChI=1S/C19H14N2O4/c22-11-10-20-15(12-6-2-1-3-7-12)16(19(20)25)21-17(23)13-8-4-5-9-14(13)18(21)24/h1-9,11,15-16H,10H2/t15-,16+/m0/s1. The number of hydrogen-bond donors (Lipinski definition) is 0. The summed E-state index contributed by atoms with van der Waals surface area (Å²) in [6.45, 7) is -0.0714. The maximum atomic E-state index is 12.7. The number of carbonyl (C=O) groups excluding carboxylic acids is 4. The Labute approximate surface area is 143 Å². The number of aldehydes is 1. The molecular formula is C19H14N2O4. The molecule has 2 aliphatic rings. The summed E-state index contributed by atoms with van der Waals surface area (Å²) in [5, 5.41) is 0. The third-order valence-electron chi connectivity index (χ3n) is 4.69. The topological polar surface area (TPSA) is 74.8 Å². The number of rotatable bonds is 4. The van der Waals surface area contributed by atoms with Crippen LogP contribution in [0.1, 0.15) is 32.3 Å². The molecule has 0 aromatic heterocycles. The summed E-state index contributed by atoms with van der Waals surface area (Å²) in [5.74, 6) is -1.33. The first-order valence-corrected chi connectivity index (χ1v) is 7.91. The number of carbonyl (C=O) groups is 4. The molecule has 6 nitrogen and oxygen atoms in total. The average Bonchev–Trinajstić information content (AvgIpc) is 2.89. The molecule has 0 aliphatic carbocycles. The molecule has 0 saturated carbocycles. The molecule has 0 spiro atoms.